The minimum absolute atomic E-state index is 0.0678. The number of guanidine groups is 1. The predicted molar refractivity (Wildman–Crippen MR) is 95.2 cm³/mol. The molecule has 2 rings (SSSR count). The minimum atomic E-state index is -4.49. The summed E-state index contributed by atoms with van der Waals surface area (Å²) in [6, 6.07) is 0.833. The van der Waals surface area contributed by atoms with Crippen LogP contribution in [0.3, 0.4) is 0 Å². The monoisotopic (exact) mass is 387 g/mol. The number of hydrogen-bond acceptors (Lipinski definition) is 6. The van der Waals surface area contributed by atoms with Gasteiger partial charge in [0.1, 0.15) is 10.7 Å². The largest absolute Gasteiger partial charge is 0.433 e. The molecule has 0 amide bonds. The van der Waals surface area contributed by atoms with E-state index < -0.39 is 11.9 Å². The normalized spacial score (nSPS) is 12.1. The second-order valence-electron chi connectivity index (χ2n) is 5.18. The van der Waals surface area contributed by atoms with Gasteiger partial charge in [0.2, 0.25) is 5.95 Å². The van der Waals surface area contributed by atoms with Crippen LogP contribution in [0.1, 0.15) is 22.5 Å². The zero-order valence-electron chi connectivity index (χ0n) is 14.4. The van der Waals surface area contributed by atoms with Gasteiger partial charge in [-0.05, 0) is 19.9 Å². The first kappa shape index (κ1) is 19.9. The van der Waals surface area contributed by atoms with Gasteiger partial charge in [0.15, 0.2) is 5.96 Å². The zero-order chi connectivity index (χ0) is 19.0. The van der Waals surface area contributed by atoms with Crippen LogP contribution < -0.4 is 16.0 Å². The summed E-state index contributed by atoms with van der Waals surface area (Å²) in [6.45, 7) is 5.84. The van der Waals surface area contributed by atoms with E-state index in [1.807, 2.05) is 13.8 Å². The van der Waals surface area contributed by atoms with Crippen LogP contribution in [-0.4, -0.2) is 40.5 Å². The van der Waals surface area contributed by atoms with Gasteiger partial charge in [0.25, 0.3) is 0 Å². The van der Waals surface area contributed by atoms with E-state index in [4.69, 9.17) is 0 Å². The van der Waals surface area contributed by atoms with E-state index in [1.165, 1.54) is 0 Å². The maximum absolute atomic E-state index is 12.6. The molecule has 0 bridgehead atoms. The molecule has 0 fully saturated rings. The van der Waals surface area contributed by atoms with Crippen molar-refractivity contribution in [1.82, 2.24) is 25.6 Å². The first-order valence-corrected chi connectivity index (χ1v) is 8.77. The van der Waals surface area contributed by atoms with Crippen molar-refractivity contribution < 1.29 is 13.2 Å². The summed E-state index contributed by atoms with van der Waals surface area (Å²) in [6.07, 6.45) is -1.61. The Labute approximate surface area is 153 Å². The molecule has 0 aliphatic rings. The molecule has 0 aromatic carbocycles. The number of nitrogens with zero attached hydrogens (tertiary/aromatic N) is 4. The van der Waals surface area contributed by atoms with Gasteiger partial charge in [-0.3, -0.25) is 0 Å². The van der Waals surface area contributed by atoms with Crippen LogP contribution in [0.4, 0.5) is 19.1 Å². The zero-order valence-corrected chi connectivity index (χ0v) is 15.2. The van der Waals surface area contributed by atoms with Gasteiger partial charge >= 0.3 is 6.18 Å². The highest BCUT2D eigenvalue weighted by Gasteiger charge is 2.32. The maximum atomic E-state index is 12.6. The Morgan fingerprint density at radius 2 is 2.04 bits per heavy atom. The molecule has 11 heteroatoms. The third-order valence-corrected chi connectivity index (χ3v) is 3.93. The van der Waals surface area contributed by atoms with Crippen LogP contribution in [0.2, 0.25) is 0 Å². The lowest BCUT2D eigenvalue weighted by atomic mass is 10.4. The number of anilines is 1. The summed E-state index contributed by atoms with van der Waals surface area (Å²) in [5, 5.41) is 9.85. The van der Waals surface area contributed by atoms with Crippen molar-refractivity contribution in [3.8, 4) is 0 Å². The van der Waals surface area contributed by atoms with E-state index in [9.17, 15) is 13.2 Å². The highest BCUT2D eigenvalue weighted by atomic mass is 32.1. The van der Waals surface area contributed by atoms with Crippen molar-refractivity contribution in [3.63, 3.8) is 0 Å². The minimum Gasteiger partial charge on any atom is -0.357 e. The van der Waals surface area contributed by atoms with Gasteiger partial charge in [-0.15, -0.1) is 11.3 Å². The van der Waals surface area contributed by atoms with Crippen LogP contribution in [-0.2, 0) is 12.7 Å². The van der Waals surface area contributed by atoms with Crippen molar-refractivity contribution >= 4 is 23.2 Å². The van der Waals surface area contributed by atoms with E-state index in [2.05, 4.69) is 35.9 Å². The molecule has 2 heterocycles. The summed E-state index contributed by atoms with van der Waals surface area (Å²) in [5.41, 5.74) is -0.975. The molecule has 2 aromatic rings. The lowest BCUT2D eigenvalue weighted by molar-refractivity contribution is -0.141. The molecule has 0 aliphatic carbocycles. The first-order chi connectivity index (χ1) is 12.4. The van der Waals surface area contributed by atoms with E-state index in [-0.39, 0.29) is 5.95 Å². The van der Waals surface area contributed by atoms with Gasteiger partial charge in [0.05, 0.1) is 6.54 Å². The summed E-state index contributed by atoms with van der Waals surface area (Å²) < 4.78 is 37.8. The fraction of sp³-hybridized carbons (Fsp3) is 0.467. The molecule has 0 atom stereocenters. The van der Waals surface area contributed by atoms with Crippen LogP contribution in [0.15, 0.2) is 23.5 Å². The van der Waals surface area contributed by atoms with Gasteiger partial charge in [-0.2, -0.15) is 13.2 Å². The third-order valence-electron chi connectivity index (χ3n) is 3.03. The van der Waals surface area contributed by atoms with Crippen LogP contribution in [0, 0.1) is 6.92 Å². The quantitative estimate of drug-likeness (QED) is 0.384. The Hall–Kier alpha value is -2.43. The molecule has 26 heavy (non-hydrogen) atoms. The summed E-state index contributed by atoms with van der Waals surface area (Å²) >= 11 is 1.58. The summed E-state index contributed by atoms with van der Waals surface area (Å²) in [5.74, 6) is 0.536. The van der Waals surface area contributed by atoms with Crippen LogP contribution >= 0.6 is 11.3 Å². The SMILES string of the molecule is CCNC(=NCc1ncc(C)s1)NCCNc1nccc(C(F)(F)F)n1. The number of nitrogens with one attached hydrogen (secondary N) is 3. The molecule has 7 nitrogen and oxygen atoms in total. The molecule has 0 radical (unpaired) electrons. The number of aryl methyl sites for hydroxylation is 1. The number of alkyl halides is 3. The molecule has 142 valence electrons. The highest BCUT2D eigenvalue weighted by molar-refractivity contribution is 7.11. The first-order valence-electron chi connectivity index (χ1n) is 7.96. The fourth-order valence-electron chi connectivity index (χ4n) is 1.92. The van der Waals surface area contributed by atoms with E-state index in [0.29, 0.717) is 32.1 Å². The van der Waals surface area contributed by atoms with Crippen molar-refractivity contribution in [2.24, 2.45) is 4.99 Å². The number of hydrogen-bond donors (Lipinski definition) is 3. The lowest BCUT2D eigenvalue weighted by Gasteiger charge is -2.12. The third kappa shape index (κ3) is 6.47. The predicted octanol–water partition coefficient (Wildman–Crippen LogP) is 2.43. The number of halogens is 3. The molecule has 0 unspecified atom stereocenters. The lowest BCUT2D eigenvalue weighted by Crippen LogP contribution is -2.39. The second-order valence-corrected chi connectivity index (χ2v) is 6.50. The topological polar surface area (TPSA) is 87.1 Å². The summed E-state index contributed by atoms with van der Waals surface area (Å²) in [7, 11) is 0. The standard InChI is InChI=1S/C15H20F3N7S/c1-3-19-13(24-9-12-23-8-10(2)26-12)21-6-7-22-14-20-5-4-11(25-14)15(16,17)18/h4-5,8H,3,6-7,9H2,1-2H3,(H2,19,21,24)(H,20,22,25). The van der Waals surface area contributed by atoms with Crippen molar-refractivity contribution in [1.29, 1.82) is 0 Å². The molecule has 2 aromatic heterocycles. The van der Waals surface area contributed by atoms with Gasteiger partial charge in [-0.25, -0.2) is 19.9 Å². The van der Waals surface area contributed by atoms with Crippen molar-refractivity contribution in [2.45, 2.75) is 26.6 Å². The van der Waals surface area contributed by atoms with Gasteiger partial charge < -0.3 is 16.0 Å². The smallest absolute Gasteiger partial charge is 0.357 e. The van der Waals surface area contributed by atoms with E-state index in [1.54, 1.807) is 17.5 Å². The van der Waals surface area contributed by atoms with Crippen LogP contribution in [0.25, 0.3) is 0 Å². The Kier molecular flexibility index (Phi) is 7.13. The maximum Gasteiger partial charge on any atom is 0.433 e. The van der Waals surface area contributed by atoms with Gasteiger partial charge in [0, 0.05) is 36.9 Å². The molecule has 0 saturated heterocycles. The van der Waals surface area contributed by atoms with Crippen LogP contribution in [0.5, 0.6) is 0 Å². The van der Waals surface area contributed by atoms with Crippen molar-refractivity contribution in [3.05, 3.63) is 34.0 Å². The Morgan fingerprint density at radius 3 is 2.69 bits per heavy atom. The Bertz CT molecular complexity index is 730. The van der Waals surface area contributed by atoms with E-state index in [0.717, 1.165) is 22.1 Å². The molecule has 0 aliphatic heterocycles. The number of aromatic nitrogens is 3. The average molecular weight is 387 g/mol. The summed E-state index contributed by atoms with van der Waals surface area (Å²) in [4.78, 5) is 17.0. The Morgan fingerprint density at radius 1 is 1.23 bits per heavy atom. The van der Waals surface area contributed by atoms with Crippen molar-refractivity contribution in [2.75, 3.05) is 25.0 Å². The van der Waals surface area contributed by atoms with Gasteiger partial charge in [-0.1, -0.05) is 0 Å². The number of thiazole rings is 1. The molecule has 0 spiro atoms. The molecule has 3 N–H and O–H groups in total. The van der Waals surface area contributed by atoms with E-state index >= 15 is 0 Å². The molecular weight excluding hydrogens is 367 g/mol. The fourth-order valence-corrected chi connectivity index (χ4v) is 2.63. The number of rotatable bonds is 7. The molecular formula is C15H20F3N7S. The molecule has 0 saturated carbocycles. The highest BCUT2D eigenvalue weighted by Crippen LogP contribution is 2.27. The average Bonchev–Trinajstić information content (AvgIpc) is 3.01. The Balaban J connectivity index is 1.82. The second kappa shape index (κ2) is 9.32. The number of aliphatic imine (C=N–C) groups is 1.